The zero-order valence-electron chi connectivity index (χ0n) is 15.7. The van der Waals surface area contributed by atoms with Crippen LogP contribution < -0.4 is 4.73 Å². The van der Waals surface area contributed by atoms with Crippen LogP contribution in [0.25, 0.3) is 0 Å². The number of aryl methyl sites for hydroxylation is 2. The van der Waals surface area contributed by atoms with E-state index in [1.165, 1.54) is 0 Å². The summed E-state index contributed by atoms with van der Waals surface area (Å²) in [4.78, 5) is 25.7. The lowest BCUT2D eigenvalue weighted by atomic mass is 10.0. The third-order valence-corrected chi connectivity index (χ3v) is 4.80. The molecule has 0 spiro atoms. The topological polar surface area (TPSA) is 79.3 Å². The van der Waals surface area contributed by atoms with Crippen molar-refractivity contribution in [1.82, 2.24) is 9.97 Å². The Balaban J connectivity index is 1.42. The van der Waals surface area contributed by atoms with Crippen LogP contribution in [0.3, 0.4) is 0 Å². The van der Waals surface area contributed by atoms with Crippen molar-refractivity contribution in [2.24, 2.45) is 4.99 Å². The van der Waals surface area contributed by atoms with Crippen LogP contribution in [0, 0.1) is 6.92 Å². The quantitative estimate of drug-likeness (QED) is 0.532. The second-order valence-corrected chi connectivity index (χ2v) is 6.99. The third-order valence-electron chi connectivity index (χ3n) is 4.80. The van der Waals surface area contributed by atoms with Gasteiger partial charge in [0, 0.05) is 64.1 Å². The zero-order valence-corrected chi connectivity index (χ0v) is 15.7. The van der Waals surface area contributed by atoms with Gasteiger partial charge in [0.2, 0.25) is 12.4 Å². The maximum atomic E-state index is 12.3. The predicted molar refractivity (Wildman–Crippen MR) is 103 cm³/mol. The molecule has 0 radical (unpaired) electrons. The van der Waals surface area contributed by atoms with Crippen molar-refractivity contribution in [1.29, 1.82) is 0 Å². The Morgan fingerprint density at radius 3 is 2.96 bits per heavy atom. The number of carbonyl (C=O) groups excluding carboxylic acids is 1. The minimum Gasteiger partial charge on any atom is -0.299 e. The molecule has 1 aliphatic rings. The normalized spacial score (nSPS) is 12.5. The molecule has 0 saturated heterocycles. The van der Waals surface area contributed by atoms with Crippen LogP contribution in [0.1, 0.15) is 40.1 Å². The first kappa shape index (κ1) is 18.0. The summed E-state index contributed by atoms with van der Waals surface area (Å²) >= 11 is 0. The van der Waals surface area contributed by atoms with Gasteiger partial charge in [0.15, 0.2) is 0 Å². The van der Waals surface area contributed by atoms with Crippen molar-refractivity contribution in [2.45, 2.75) is 32.7 Å². The molecule has 0 bridgehead atoms. The molecule has 0 aromatic carbocycles. The van der Waals surface area contributed by atoms with Crippen molar-refractivity contribution in [2.75, 3.05) is 0 Å². The number of rotatable bonds is 6. The SMILES string of the molecule is Cc1cc(C2=NCc3cc(CC(=O)CCc4ccc[n+](O)c4)ncc32)ccn1. The number of Topliss-reactive ketones (excluding diaryl/α,β-unsaturated/α-hetero) is 1. The Hall–Kier alpha value is -3.41. The summed E-state index contributed by atoms with van der Waals surface area (Å²) < 4.78 is 1.00. The van der Waals surface area contributed by atoms with Crippen LogP contribution in [0.15, 0.2) is 60.1 Å². The first-order valence-electron chi connectivity index (χ1n) is 9.25. The molecule has 28 heavy (non-hydrogen) atoms. The monoisotopic (exact) mass is 373 g/mol. The molecule has 0 fully saturated rings. The maximum absolute atomic E-state index is 12.3. The molecule has 0 unspecified atom stereocenters. The molecule has 0 saturated carbocycles. The summed E-state index contributed by atoms with van der Waals surface area (Å²) in [6.45, 7) is 2.57. The van der Waals surface area contributed by atoms with E-state index < -0.39 is 0 Å². The van der Waals surface area contributed by atoms with E-state index in [0.717, 1.165) is 44.1 Å². The second-order valence-electron chi connectivity index (χ2n) is 6.99. The van der Waals surface area contributed by atoms with Gasteiger partial charge >= 0.3 is 0 Å². The first-order valence-corrected chi connectivity index (χ1v) is 9.25. The van der Waals surface area contributed by atoms with Gasteiger partial charge in [-0.2, -0.15) is 0 Å². The van der Waals surface area contributed by atoms with Crippen molar-refractivity contribution >= 4 is 11.5 Å². The summed E-state index contributed by atoms with van der Waals surface area (Å²) in [7, 11) is 0. The van der Waals surface area contributed by atoms with E-state index in [2.05, 4.69) is 15.0 Å². The van der Waals surface area contributed by atoms with E-state index >= 15 is 0 Å². The molecule has 140 valence electrons. The summed E-state index contributed by atoms with van der Waals surface area (Å²) in [5.41, 5.74) is 6.76. The van der Waals surface area contributed by atoms with Gasteiger partial charge in [-0.25, -0.2) is 0 Å². The van der Waals surface area contributed by atoms with Crippen molar-refractivity contribution in [3.8, 4) is 0 Å². The number of fused-ring (bicyclic) bond motifs is 1. The molecule has 0 atom stereocenters. The van der Waals surface area contributed by atoms with E-state index in [1.54, 1.807) is 24.7 Å². The fraction of sp³-hybridized carbons (Fsp3) is 0.227. The molecule has 4 heterocycles. The molecule has 4 rings (SSSR count). The maximum Gasteiger partial charge on any atom is 0.225 e. The van der Waals surface area contributed by atoms with E-state index in [1.807, 2.05) is 37.4 Å². The van der Waals surface area contributed by atoms with Gasteiger partial charge in [0.05, 0.1) is 12.3 Å². The zero-order chi connectivity index (χ0) is 19.5. The van der Waals surface area contributed by atoms with E-state index in [4.69, 9.17) is 0 Å². The summed E-state index contributed by atoms with van der Waals surface area (Å²) in [6.07, 6.45) is 8.09. The molecular weight excluding hydrogens is 352 g/mol. The van der Waals surface area contributed by atoms with Gasteiger partial charge in [-0.3, -0.25) is 25.0 Å². The minimum absolute atomic E-state index is 0.129. The van der Waals surface area contributed by atoms with Gasteiger partial charge in [-0.05, 0) is 43.2 Å². The third kappa shape index (κ3) is 3.96. The van der Waals surface area contributed by atoms with Crippen LogP contribution in [-0.2, 0) is 24.2 Å². The van der Waals surface area contributed by atoms with Crippen LogP contribution >= 0.6 is 0 Å². The van der Waals surface area contributed by atoms with E-state index in [0.29, 0.717) is 25.8 Å². The number of hydrogen-bond acceptors (Lipinski definition) is 5. The smallest absolute Gasteiger partial charge is 0.225 e. The fourth-order valence-electron chi connectivity index (χ4n) is 3.41. The lowest BCUT2D eigenvalue weighted by Crippen LogP contribution is -2.28. The van der Waals surface area contributed by atoms with Gasteiger partial charge in [-0.1, -0.05) is 0 Å². The highest BCUT2D eigenvalue weighted by Gasteiger charge is 2.19. The Kier molecular flexibility index (Phi) is 4.93. The van der Waals surface area contributed by atoms with Crippen LogP contribution in [0.2, 0.25) is 0 Å². The molecule has 3 aromatic rings. The number of aromatic nitrogens is 3. The predicted octanol–water partition coefficient (Wildman–Crippen LogP) is 2.41. The average Bonchev–Trinajstić information content (AvgIpc) is 3.10. The van der Waals surface area contributed by atoms with E-state index in [9.17, 15) is 10.0 Å². The lowest BCUT2D eigenvalue weighted by molar-refractivity contribution is -0.905. The first-order chi connectivity index (χ1) is 13.6. The summed E-state index contributed by atoms with van der Waals surface area (Å²) in [5.74, 6) is 0.129. The number of aliphatic imine (C=N–C) groups is 1. The molecule has 6 nitrogen and oxygen atoms in total. The molecule has 3 aromatic heterocycles. The van der Waals surface area contributed by atoms with Gasteiger partial charge in [-0.15, -0.1) is 0 Å². The molecule has 1 aliphatic heterocycles. The Morgan fingerprint density at radius 2 is 2.14 bits per heavy atom. The summed E-state index contributed by atoms with van der Waals surface area (Å²) in [5, 5.41) is 9.43. The van der Waals surface area contributed by atoms with E-state index in [-0.39, 0.29) is 5.78 Å². The van der Waals surface area contributed by atoms with Crippen LogP contribution in [0.5, 0.6) is 0 Å². The van der Waals surface area contributed by atoms with Gasteiger partial charge < -0.3 is 0 Å². The summed E-state index contributed by atoms with van der Waals surface area (Å²) in [6, 6.07) is 9.61. The standard InChI is InChI=1S/C22H21N4O2/c1-15-9-17(6-7-23-15)22-21-13-24-19(10-18(21)12-25-22)11-20(27)5-4-16-3-2-8-26(28)14-16/h2-3,6-10,13-14,28H,4-5,11-12H2,1H3/q+1. The fourth-order valence-corrected chi connectivity index (χ4v) is 3.41. The molecule has 1 N–H and O–H groups in total. The number of carbonyl (C=O) groups is 1. The van der Waals surface area contributed by atoms with Crippen LogP contribution in [-0.4, -0.2) is 26.7 Å². The molecule has 0 amide bonds. The number of hydrogen-bond donors (Lipinski definition) is 1. The highest BCUT2D eigenvalue weighted by atomic mass is 16.5. The molecular formula is C22H21N4O2+. The Labute approximate surface area is 163 Å². The average molecular weight is 373 g/mol. The van der Waals surface area contributed by atoms with Crippen molar-refractivity contribution in [3.05, 3.63) is 88.8 Å². The van der Waals surface area contributed by atoms with Crippen LogP contribution in [0.4, 0.5) is 0 Å². The number of nitrogens with zero attached hydrogens (tertiary/aromatic N) is 4. The van der Waals surface area contributed by atoms with Crippen molar-refractivity contribution < 1.29 is 14.7 Å². The minimum atomic E-state index is 0.129. The number of ketones is 1. The number of pyridine rings is 3. The Bertz CT molecular complexity index is 1080. The second kappa shape index (κ2) is 7.68. The Morgan fingerprint density at radius 1 is 1.25 bits per heavy atom. The largest absolute Gasteiger partial charge is 0.299 e. The highest BCUT2D eigenvalue weighted by Crippen LogP contribution is 2.23. The molecule has 6 heteroatoms. The van der Waals surface area contributed by atoms with Crippen molar-refractivity contribution in [3.63, 3.8) is 0 Å². The highest BCUT2D eigenvalue weighted by molar-refractivity contribution is 6.15. The van der Waals surface area contributed by atoms with Gasteiger partial charge in [0.1, 0.15) is 5.78 Å². The lowest BCUT2D eigenvalue weighted by Gasteiger charge is -2.06. The molecule has 0 aliphatic carbocycles. The van der Waals surface area contributed by atoms with Gasteiger partial charge in [0.25, 0.3) is 0 Å².